The highest BCUT2D eigenvalue weighted by atomic mass is 35.5. The van der Waals surface area contributed by atoms with Gasteiger partial charge < -0.3 is 4.74 Å². The van der Waals surface area contributed by atoms with Crippen LogP contribution in [0, 0.1) is 0 Å². The van der Waals surface area contributed by atoms with Gasteiger partial charge in [0, 0.05) is 0 Å². The van der Waals surface area contributed by atoms with Crippen molar-refractivity contribution in [2.75, 3.05) is 7.11 Å². The molecule has 0 saturated heterocycles. The van der Waals surface area contributed by atoms with Crippen LogP contribution in [0.2, 0.25) is 0 Å². The van der Waals surface area contributed by atoms with Crippen LogP contribution in [0.1, 0.15) is 13.8 Å². The molecule has 1 rings (SSSR count). The van der Waals surface area contributed by atoms with Crippen LogP contribution in [0.25, 0.3) is 0 Å². The van der Waals surface area contributed by atoms with Crippen molar-refractivity contribution in [3.63, 3.8) is 0 Å². The van der Waals surface area contributed by atoms with Gasteiger partial charge in [-0.15, -0.1) is 37.2 Å². The van der Waals surface area contributed by atoms with E-state index in [-0.39, 0.29) is 37.2 Å². The van der Waals surface area contributed by atoms with E-state index >= 15 is 0 Å². The fourth-order valence-electron chi connectivity index (χ4n) is 0.557. The average molecular weight is 248 g/mol. The number of methoxy groups -OCH3 is 1. The summed E-state index contributed by atoms with van der Waals surface area (Å²) in [6, 6.07) is 9.68. The summed E-state index contributed by atoms with van der Waals surface area (Å²) in [5.74, 6) is 0.910. The largest absolute Gasteiger partial charge is 0.497 e. The molecule has 80 valence electrons. The summed E-state index contributed by atoms with van der Waals surface area (Å²) in [5, 5.41) is 0. The molecule has 0 amide bonds. The average Bonchev–Trinajstić information content (AvgIpc) is 2.10. The summed E-state index contributed by atoms with van der Waals surface area (Å²) < 4.78 is 4.91. The van der Waals surface area contributed by atoms with Crippen molar-refractivity contribution in [3.8, 4) is 5.75 Å². The van der Waals surface area contributed by atoms with Gasteiger partial charge in [0.15, 0.2) is 0 Å². The van der Waals surface area contributed by atoms with Gasteiger partial charge in [0.05, 0.1) is 7.11 Å². The molecule has 1 aromatic rings. The maximum Gasteiger partial charge on any atom is 0.118 e. The van der Waals surface area contributed by atoms with E-state index in [0.29, 0.717) is 0 Å². The molecular weight excluding hydrogens is 230 g/mol. The number of rotatable bonds is 1. The van der Waals surface area contributed by atoms with E-state index in [1.165, 1.54) is 0 Å². The van der Waals surface area contributed by atoms with Crippen LogP contribution in [0.3, 0.4) is 0 Å². The van der Waals surface area contributed by atoms with Crippen molar-refractivity contribution in [1.82, 2.24) is 0 Å². The SMILES string of the molecule is CC.COc1ccccc1.Cl.Cl.Cl. The Hall–Kier alpha value is -0.110. The highest BCUT2D eigenvalue weighted by Gasteiger charge is 1.80. The minimum absolute atomic E-state index is 0. The van der Waals surface area contributed by atoms with Crippen molar-refractivity contribution in [3.05, 3.63) is 30.3 Å². The van der Waals surface area contributed by atoms with Gasteiger partial charge in [-0.2, -0.15) is 0 Å². The molecule has 0 atom stereocenters. The summed E-state index contributed by atoms with van der Waals surface area (Å²) >= 11 is 0. The van der Waals surface area contributed by atoms with E-state index in [2.05, 4.69) is 0 Å². The maximum absolute atomic E-state index is 4.91. The monoisotopic (exact) mass is 246 g/mol. The summed E-state index contributed by atoms with van der Waals surface area (Å²) in [6.07, 6.45) is 0. The minimum Gasteiger partial charge on any atom is -0.497 e. The van der Waals surface area contributed by atoms with E-state index in [1.54, 1.807) is 7.11 Å². The van der Waals surface area contributed by atoms with Gasteiger partial charge >= 0.3 is 0 Å². The molecule has 0 fully saturated rings. The van der Waals surface area contributed by atoms with E-state index in [0.717, 1.165) is 5.75 Å². The molecule has 4 heteroatoms. The zero-order valence-corrected chi connectivity index (χ0v) is 10.5. The standard InChI is InChI=1S/C7H8O.C2H6.3ClH/c1-8-7-5-3-2-4-6-7;1-2;;;/h2-6H,1H3;1-2H3;3*1H. The Balaban J connectivity index is -0.0000000761. The van der Waals surface area contributed by atoms with Crippen molar-refractivity contribution >= 4 is 37.2 Å². The molecule has 0 aromatic heterocycles. The number of benzene rings is 1. The molecule has 0 N–H and O–H groups in total. The molecule has 0 saturated carbocycles. The Bertz CT molecular complexity index is 156. The highest BCUT2D eigenvalue weighted by molar-refractivity contribution is 5.86. The number of ether oxygens (including phenoxy) is 1. The molecule has 13 heavy (non-hydrogen) atoms. The predicted molar refractivity (Wildman–Crippen MR) is 66.1 cm³/mol. The van der Waals surface area contributed by atoms with Gasteiger partial charge in [-0.25, -0.2) is 0 Å². The molecule has 1 aromatic carbocycles. The number of halogens is 3. The van der Waals surface area contributed by atoms with Gasteiger partial charge in [-0.1, -0.05) is 32.0 Å². The topological polar surface area (TPSA) is 9.23 Å². The second kappa shape index (κ2) is 17.8. The molecule has 0 spiro atoms. The third-order valence-electron chi connectivity index (χ3n) is 0.979. The minimum atomic E-state index is 0. The quantitative estimate of drug-likeness (QED) is 0.729. The lowest BCUT2D eigenvalue weighted by Gasteiger charge is -1.93. The third-order valence-corrected chi connectivity index (χ3v) is 0.979. The van der Waals surface area contributed by atoms with Gasteiger partial charge in [0.25, 0.3) is 0 Å². The number of hydrogen-bond donors (Lipinski definition) is 0. The van der Waals surface area contributed by atoms with Crippen LogP contribution >= 0.6 is 37.2 Å². The fraction of sp³-hybridized carbons (Fsp3) is 0.333. The Morgan fingerprint density at radius 1 is 0.846 bits per heavy atom. The molecule has 0 aliphatic rings. The molecule has 0 heterocycles. The number of para-hydroxylation sites is 1. The van der Waals surface area contributed by atoms with E-state index in [1.807, 2.05) is 44.2 Å². The first-order valence-corrected chi connectivity index (χ1v) is 3.52. The Kier molecular flexibility index (Phi) is 31.6. The van der Waals surface area contributed by atoms with Crippen molar-refractivity contribution in [2.45, 2.75) is 13.8 Å². The first-order chi connectivity index (χ1) is 4.93. The van der Waals surface area contributed by atoms with Crippen LogP contribution in [-0.2, 0) is 0 Å². The van der Waals surface area contributed by atoms with Crippen molar-refractivity contribution < 1.29 is 4.74 Å². The van der Waals surface area contributed by atoms with Crippen molar-refractivity contribution in [1.29, 1.82) is 0 Å². The van der Waals surface area contributed by atoms with Crippen molar-refractivity contribution in [2.24, 2.45) is 0 Å². The first kappa shape index (κ1) is 23.1. The summed E-state index contributed by atoms with van der Waals surface area (Å²) in [4.78, 5) is 0. The summed E-state index contributed by atoms with van der Waals surface area (Å²) in [7, 11) is 1.66. The molecule has 0 bridgehead atoms. The zero-order chi connectivity index (χ0) is 7.82. The molecule has 0 aliphatic carbocycles. The lowest BCUT2D eigenvalue weighted by Crippen LogP contribution is -1.78. The summed E-state index contributed by atoms with van der Waals surface area (Å²) in [6.45, 7) is 4.00. The van der Waals surface area contributed by atoms with Gasteiger partial charge in [-0.3, -0.25) is 0 Å². The van der Waals surface area contributed by atoms with E-state index in [4.69, 9.17) is 4.74 Å². The van der Waals surface area contributed by atoms with Gasteiger partial charge in [0.2, 0.25) is 0 Å². The molecule has 0 radical (unpaired) electrons. The zero-order valence-electron chi connectivity index (χ0n) is 8.02. The maximum atomic E-state index is 4.91. The second-order valence-corrected chi connectivity index (χ2v) is 1.52. The third kappa shape index (κ3) is 11.9. The lowest BCUT2D eigenvalue weighted by atomic mass is 10.3. The van der Waals surface area contributed by atoms with Crippen LogP contribution < -0.4 is 4.74 Å². The summed E-state index contributed by atoms with van der Waals surface area (Å²) in [5.41, 5.74) is 0. The normalized spacial score (nSPS) is 5.77. The Morgan fingerprint density at radius 3 is 1.46 bits per heavy atom. The fourth-order valence-corrected chi connectivity index (χ4v) is 0.557. The van der Waals surface area contributed by atoms with Gasteiger partial charge in [0.1, 0.15) is 5.75 Å². The van der Waals surface area contributed by atoms with Crippen LogP contribution in [0.5, 0.6) is 5.75 Å². The molecule has 0 aliphatic heterocycles. The van der Waals surface area contributed by atoms with Crippen LogP contribution in [0.15, 0.2) is 30.3 Å². The Morgan fingerprint density at radius 2 is 1.23 bits per heavy atom. The smallest absolute Gasteiger partial charge is 0.118 e. The van der Waals surface area contributed by atoms with Gasteiger partial charge in [-0.05, 0) is 12.1 Å². The Labute approximate surface area is 99.1 Å². The molecule has 1 nitrogen and oxygen atoms in total. The highest BCUT2D eigenvalue weighted by Crippen LogP contribution is 2.05. The second-order valence-electron chi connectivity index (χ2n) is 1.52. The van der Waals surface area contributed by atoms with Crippen LogP contribution in [0.4, 0.5) is 0 Å². The predicted octanol–water partition coefficient (Wildman–Crippen LogP) is 3.99. The van der Waals surface area contributed by atoms with E-state index < -0.39 is 0 Å². The van der Waals surface area contributed by atoms with Crippen LogP contribution in [-0.4, -0.2) is 7.11 Å². The first-order valence-electron chi connectivity index (χ1n) is 3.52. The molecule has 0 unspecified atom stereocenters. The van der Waals surface area contributed by atoms with E-state index in [9.17, 15) is 0 Å². The molecular formula is C9H17Cl3O. The lowest BCUT2D eigenvalue weighted by molar-refractivity contribution is 0.415. The number of hydrogen-bond acceptors (Lipinski definition) is 1.